The highest BCUT2D eigenvalue weighted by molar-refractivity contribution is 7.92. The smallest absolute Gasteiger partial charge is 0.244 e. The molecule has 0 bridgehead atoms. The molecule has 0 aliphatic rings. The van der Waals surface area contributed by atoms with Gasteiger partial charge >= 0.3 is 0 Å². The van der Waals surface area contributed by atoms with E-state index >= 15 is 0 Å². The first kappa shape index (κ1) is 24.6. The molecule has 7 nitrogen and oxygen atoms in total. The van der Waals surface area contributed by atoms with Gasteiger partial charge in [-0.05, 0) is 37.6 Å². The highest BCUT2D eigenvalue weighted by Gasteiger charge is 2.30. The second-order valence-electron chi connectivity index (χ2n) is 7.06. The quantitative estimate of drug-likeness (QED) is 0.644. The van der Waals surface area contributed by atoms with E-state index < -0.39 is 40.2 Å². The van der Waals surface area contributed by atoms with Gasteiger partial charge in [0.15, 0.2) is 0 Å². The molecule has 0 unspecified atom stereocenters. The van der Waals surface area contributed by atoms with Crippen molar-refractivity contribution in [3.63, 3.8) is 0 Å². The minimum atomic E-state index is -3.87. The molecule has 1 N–H and O–H groups in total. The molecule has 0 aliphatic carbocycles. The lowest BCUT2D eigenvalue weighted by atomic mass is 10.1. The molecule has 0 radical (unpaired) electrons. The highest BCUT2D eigenvalue weighted by atomic mass is 35.5. The fourth-order valence-electron chi connectivity index (χ4n) is 3.06. The molecule has 0 aliphatic heterocycles. The van der Waals surface area contributed by atoms with Crippen LogP contribution in [0.1, 0.15) is 18.1 Å². The number of hydrogen-bond donors (Lipinski definition) is 1. The number of anilines is 1. The Morgan fingerprint density at radius 1 is 1.16 bits per heavy atom. The van der Waals surface area contributed by atoms with Crippen LogP contribution in [0.4, 0.5) is 10.1 Å². The zero-order valence-electron chi connectivity index (χ0n) is 17.7. The number of carbonyl (C=O) groups is 2. The van der Waals surface area contributed by atoms with E-state index in [1.807, 2.05) is 0 Å². The van der Waals surface area contributed by atoms with Crippen molar-refractivity contribution in [2.24, 2.45) is 0 Å². The number of sulfonamides is 1. The van der Waals surface area contributed by atoms with Crippen LogP contribution in [-0.2, 0) is 26.2 Å². The van der Waals surface area contributed by atoms with Crippen molar-refractivity contribution >= 4 is 39.1 Å². The van der Waals surface area contributed by atoms with Crippen molar-refractivity contribution in [3.8, 4) is 0 Å². The van der Waals surface area contributed by atoms with Gasteiger partial charge in [-0.2, -0.15) is 0 Å². The molecule has 2 aromatic carbocycles. The molecule has 0 heterocycles. The lowest BCUT2D eigenvalue weighted by Crippen LogP contribution is -2.50. The van der Waals surface area contributed by atoms with Crippen LogP contribution in [0.15, 0.2) is 42.5 Å². The Bertz CT molecular complexity index is 1080. The van der Waals surface area contributed by atoms with Crippen LogP contribution >= 0.6 is 11.6 Å². The van der Waals surface area contributed by atoms with Crippen LogP contribution in [0.2, 0.25) is 5.02 Å². The second-order valence-corrected chi connectivity index (χ2v) is 9.37. The third-order valence-corrected chi connectivity index (χ3v) is 6.44. The second kappa shape index (κ2) is 10.1. The van der Waals surface area contributed by atoms with Crippen LogP contribution in [0.5, 0.6) is 0 Å². The summed E-state index contributed by atoms with van der Waals surface area (Å²) < 4.78 is 40.1. The molecule has 2 amide bonds. The van der Waals surface area contributed by atoms with Gasteiger partial charge < -0.3 is 10.2 Å². The Morgan fingerprint density at radius 3 is 2.39 bits per heavy atom. The minimum absolute atomic E-state index is 0.202. The van der Waals surface area contributed by atoms with E-state index in [1.165, 1.54) is 32.2 Å². The van der Waals surface area contributed by atoms with Crippen LogP contribution in [-0.4, -0.2) is 51.0 Å². The van der Waals surface area contributed by atoms with Gasteiger partial charge in [0, 0.05) is 24.2 Å². The summed E-state index contributed by atoms with van der Waals surface area (Å²) in [5.41, 5.74) is 0.945. The number of nitrogens with one attached hydrogen (secondary N) is 1. The van der Waals surface area contributed by atoms with Gasteiger partial charge in [-0.1, -0.05) is 35.9 Å². The van der Waals surface area contributed by atoms with Crippen LogP contribution < -0.4 is 9.62 Å². The van der Waals surface area contributed by atoms with Crippen LogP contribution in [0.25, 0.3) is 0 Å². The Kier molecular flexibility index (Phi) is 8.02. The molecule has 168 valence electrons. The topological polar surface area (TPSA) is 86.8 Å². The lowest BCUT2D eigenvalue weighted by Gasteiger charge is -2.31. The van der Waals surface area contributed by atoms with E-state index in [9.17, 15) is 22.4 Å². The summed E-state index contributed by atoms with van der Waals surface area (Å²) in [6.45, 7) is 2.36. The Labute approximate surface area is 186 Å². The summed E-state index contributed by atoms with van der Waals surface area (Å²) in [6.07, 6.45) is 0.976. The normalized spacial score (nSPS) is 12.2. The summed E-state index contributed by atoms with van der Waals surface area (Å²) >= 11 is 6.13. The molecule has 10 heteroatoms. The van der Waals surface area contributed by atoms with Gasteiger partial charge in [-0.3, -0.25) is 13.9 Å². The molecule has 2 rings (SSSR count). The molecule has 0 aromatic heterocycles. The standard InChI is InChI=1S/C21H25ClFN3O4S/c1-14-17(22)9-7-11-19(14)26(31(4,29)30)13-20(27)25(15(2)21(28)24-3)12-16-8-5-6-10-18(16)23/h5-11,15H,12-13H2,1-4H3,(H,24,28)/t15-/m0/s1. The molecule has 1 atom stereocenters. The first-order chi connectivity index (χ1) is 14.5. The number of hydrogen-bond acceptors (Lipinski definition) is 4. The highest BCUT2D eigenvalue weighted by Crippen LogP contribution is 2.28. The third-order valence-electron chi connectivity index (χ3n) is 4.90. The maximum Gasteiger partial charge on any atom is 0.244 e. The zero-order valence-corrected chi connectivity index (χ0v) is 19.3. The van der Waals surface area contributed by atoms with E-state index in [1.54, 1.807) is 31.2 Å². The number of rotatable bonds is 8. The van der Waals surface area contributed by atoms with Gasteiger partial charge in [0.1, 0.15) is 18.4 Å². The SMILES string of the molecule is CNC(=O)[C@H](C)N(Cc1ccccc1F)C(=O)CN(c1cccc(Cl)c1C)S(C)(=O)=O. The van der Waals surface area contributed by atoms with Gasteiger partial charge in [0.25, 0.3) is 0 Å². The predicted molar refractivity (Wildman–Crippen MR) is 119 cm³/mol. The molecule has 31 heavy (non-hydrogen) atoms. The van der Waals surface area contributed by atoms with Gasteiger partial charge in [0.05, 0.1) is 11.9 Å². The average Bonchev–Trinajstić information content (AvgIpc) is 2.71. The lowest BCUT2D eigenvalue weighted by molar-refractivity contribution is -0.139. The molecular formula is C21H25ClFN3O4S. The number of carbonyl (C=O) groups excluding carboxylic acids is 2. The number of benzene rings is 2. The van der Waals surface area contributed by atoms with Crippen molar-refractivity contribution in [1.29, 1.82) is 0 Å². The zero-order chi connectivity index (χ0) is 23.3. The fraction of sp³-hybridized carbons (Fsp3) is 0.333. The largest absolute Gasteiger partial charge is 0.357 e. The summed E-state index contributed by atoms with van der Waals surface area (Å²) in [4.78, 5) is 26.6. The van der Waals surface area contributed by atoms with Gasteiger partial charge in [-0.25, -0.2) is 12.8 Å². The van der Waals surface area contributed by atoms with Crippen LogP contribution in [0.3, 0.4) is 0 Å². The summed E-state index contributed by atoms with van der Waals surface area (Å²) in [6, 6.07) is 9.66. The Balaban J connectivity index is 2.45. The maximum absolute atomic E-state index is 14.2. The van der Waals surface area contributed by atoms with E-state index in [0.29, 0.717) is 10.6 Å². The van der Waals surface area contributed by atoms with Crippen LogP contribution in [0, 0.1) is 12.7 Å². The van der Waals surface area contributed by atoms with Crippen molar-refractivity contribution < 1.29 is 22.4 Å². The molecular weight excluding hydrogens is 445 g/mol. The number of halogens is 2. The van der Waals surface area contributed by atoms with E-state index in [0.717, 1.165) is 15.5 Å². The van der Waals surface area contributed by atoms with Gasteiger partial charge in [-0.15, -0.1) is 0 Å². The molecule has 2 aromatic rings. The van der Waals surface area contributed by atoms with Crippen molar-refractivity contribution in [2.45, 2.75) is 26.4 Å². The first-order valence-electron chi connectivity index (χ1n) is 9.44. The Hall–Kier alpha value is -2.65. The number of likely N-dealkylation sites (N-methyl/N-ethyl adjacent to an activating group) is 1. The monoisotopic (exact) mass is 469 g/mol. The number of nitrogens with zero attached hydrogens (tertiary/aromatic N) is 2. The average molecular weight is 470 g/mol. The molecule has 0 saturated carbocycles. The maximum atomic E-state index is 14.2. The van der Waals surface area contributed by atoms with E-state index in [-0.39, 0.29) is 17.8 Å². The van der Waals surface area contributed by atoms with Crippen molar-refractivity contribution in [2.75, 3.05) is 24.2 Å². The summed E-state index contributed by atoms with van der Waals surface area (Å²) in [5, 5.41) is 2.80. The van der Waals surface area contributed by atoms with E-state index in [2.05, 4.69) is 5.32 Å². The molecule has 0 fully saturated rings. The van der Waals surface area contributed by atoms with Gasteiger partial charge in [0.2, 0.25) is 21.8 Å². The van der Waals surface area contributed by atoms with Crippen molar-refractivity contribution in [3.05, 3.63) is 64.4 Å². The van der Waals surface area contributed by atoms with E-state index in [4.69, 9.17) is 11.6 Å². The molecule has 0 saturated heterocycles. The fourth-order valence-corrected chi connectivity index (χ4v) is 4.13. The van der Waals surface area contributed by atoms with Crippen molar-refractivity contribution in [1.82, 2.24) is 10.2 Å². The Morgan fingerprint density at radius 2 is 1.81 bits per heavy atom. The first-order valence-corrected chi connectivity index (χ1v) is 11.7. The minimum Gasteiger partial charge on any atom is -0.357 e. The summed E-state index contributed by atoms with van der Waals surface area (Å²) in [5.74, 6) is -1.66. The summed E-state index contributed by atoms with van der Waals surface area (Å²) in [7, 11) is -2.45. The molecule has 0 spiro atoms. The third kappa shape index (κ3) is 5.95. The predicted octanol–water partition coefficient (Wildman–Crippen LogP) is 2.72. The number of amides is 2.